The third-order valence-electron chi connectivity index (χ3n) is 4.12. The minimum absolute atomic E-state index is 0.214. The van der Waals surface area contributed by atoms with Crippen LogP contribution in [0.2, 0.25) is 5.02 Å². The van der Waals surface area contributed by atoms with Gasteiger partial charge in [-0.25, -0.2) is 5.10 Å². The molecule has 142 valence electrons. The smallest absolute Gasteiger partial charge is 0.186 e. The van der Waals surface area contributed by atoms with E-state index in [1.165, 1.54) is 5.56 Å². The van der Waals surface area contributed by atoms with Crippen molar-refractivity contribution in [3.8, 4) is 5.75 Å². The molecule has 0 spiro atoms. The first-order valence-corrected chi connectivity index (χ1v) is 9.09. The van der Waals surface area contributed by atoms with E-state index in [-0.39, 0.29) is 6.04 Å². The maximum Gasteiger partial charge on any atom is 0.186 e. The summed E-state index contributed by atoms with van der Waals surface area (Å²) in [6.07, 6.45) is 0.252. The van der Waals surface area contributed by atoms with Crippen molar-refractivity contribution in [2.24, 2.45) is 0 Å². The Kier molecular flexibility index (Phi) is 6.75. The van der Waals surface area contributed by atoms with E-state index in [0.29, 0.717) is 24.0 Å². The Morgan fingerprint density at radius 3 is 2.74 bits per heavy atom. The van der Waals surface area contributed by atoms with Gasteiger partial charge in [0.05, 0.1) is 6.10 Å². The van der Waals surface area contributed by atoms with Crippen LogP contribution >= 0.6 is 11.6 Å². The maximum absolute atomic E-state index is 10.3. The molecule has 1 aromatic heterocycles. The van der Waals surface area contributed by atoms with Crippen molar-refractivity contribution in [3.05, 3.63) is 70.5 Å². The first-order valence-electron chi connectivity index (χ1n) is 8.71. The van der Waals surface area contributed by atoms with Gasteiger partial charge >= 0.3 is 0 Å². The van der Waals surface area contributed by atoms with Crippen molar-refractivity contribution in [2.45, 2.75) is 32.1 Å². The zero-order chi connectivity index (χ0) is 19.1. The Bertz CT molecular complexity index is 826. The molecule has 0 aliphatic rings. The lowest BCUT2D eigenvalue weighted by Crippen LogP contribution is -2.32. The zero-order valence-corrected chi connectivity index (χ0v) is 15.7. The van der Waals surface area contributed by atoms with E-state index in [1.54, 1.807) is 12.1 Å². The van der Waals surface area contributed by atoms with Gasteiger partial charge in [0, 0.05) is 17.6 Å². The first kappa shape index (κ1) is 19.3. The third kappa shape index (κ3) is 6.02. The summed E-state index contributed by atoms with van der Waals surface area (Å²) in [6.45, 7) is 2.85. The minimum Gasteiger partial charge on any atom is -0.486 e. The van der Waals surface area contributed by atoms with Crippen molar-refractivity contribution in [3.63, 3.8) is 0 Å². The van der Waals surface area contributed by atoms with Gasteiger partial charge in [-0.1, -0.05) is 35.9 Å². The molecule has 7 nitrogen and oxygen atoms in total. The lowest BCUT2D eigenvalue weighted by atomic mass is 10.1. The van der Waals surface area contributed by atoms with Gasteiger partial charge in [0.2, 0.25) is 0 Å². The third-order valence-corrected chi connectivity index (χ3v) is 4.36. The molecule has 0 saturated carbocycles. The average Bonchev–Trinajstić information content (AvgIpc) is 3.19. The summed E-state index contributed by atoms with van der Waals surface area (Å²) >= 11 is 5.97. The predicted molar refractivity (Wildman–Crippen MR) is 103 cm³/mol. The fourth-order valence-corrected chi connectivity index (χ4v) is 2.88. The fourth-order valence-electron chi connectivity index (χ4n) is 2.68. The Balaban J connectivity index is 1.44. The van der Waals surface area contributed by atoms with Crippen LogP contribution in [0.3, 0.4) is 0 Å². The highest BCUT2D eigenvalue weighted by molar-refractivity contribution is 6.30. The summed E-state index contributed by atoms with van der Waals surface area (Å²) in [7, 11) is 0. The summed E-state index contributed by atoms with van der Waals surface area (Å²) in [5, 5.41) is 27.7. The Hall–Kier alpha value is -2.48. The number of benzene rings is 2. The number of nitrogens with zero attached hydrogens (tertiary/aromatic N) is 3. The number of tetrazole rings is 1. The Labute approximate surface area is 162 Å². The van der Waals surface area contributed by atoms with Crippen molar-refractivity contribution < 1.29 is 9.84 Å². The number of aliphatic hydroxyl groups excluding tert-OH is 1. The number of aromatic nitrogens is 4. The number of hydrogen-bond acceptors (Lipinski definition) is 6. The average molecular weight is 388 g/mol. The molecule has 8 heteroatoms. The molecule has 0 aliphatic carbocycles. The van der Waals surface area contributed by atoms with Crippen LogP contribution in [0.15, 0.2) is 48.5 Å². The lowest BCUT2D eigenvalue weighted by molar-refractivity contribution is 0.170. The van der Waals surface area contributed by atoms with E-state index >= 15 is 0 Å². The van der Waals surface area contributed by atoms with E-state index in [4.69, 9.17) is 16.3 Å². The number of aliphatic hydroxyl groups is 1. The zero-order valence-electron chi connectivity index (χ0n) is 15.0. The maximum atomic E-state index is 10.3. The minimum atomic E-state index is -0.590. The number of nitrogens with one attached hydrogen (secondary N) is 2. The monoisotopic (exact) mass is 387 g/mol. The van der Waals surface area contributed by atoms with Gasteiger partial charge in [0.1, 0.15) is 12.4 Å². The molecule has 3 rings (SSSR count). The molecule has 0 saturated heterocycles. The normalized spacial score (nSPS) is 13.3. The molecule has 0 aliphatic heterocycles. The van der Waals surface area contributed by atoms with E-state index in [2.05, 4.69) is 32.9 Å². The van der Waals surface area contributed by atoms with Crippen molar-refractivity contribution in [2.75, 3.05) is 6.54 Å². The Morgan fingerprint density at radius 2 is 2.04 bits per heavy atom. The summed E-state index contributed by atoms with van der Waals surface area (Å²) < 4.78 is 5.61. The van der Waals surface area contributed by atoms with Crippen LogP contribution in [-0.2, 0) is 13.0 Å². The van der Waals surface area contributed by atoms with Gasteiger partial charge in [-0.3, -0.25) is 0 Å². The summed E-state index contributed by atoms with van der Waals surface area (Å²) in [6, 6.07) is 15.4. The molecule has 0 radical (unpaired) electrons. The summed E-state index contributed by atoms with van der Waals surface area (Å²) in [5.41, 5.74) is 1.99. The van der Waals surface area contributed by atoms with E-state index in [1.807, 2.05) is 36.4 Å². The quantitative estimate of drug-likeness (QED) is 0.522. The highest BCUT2D eigenvalue weighted by Crippen LogP contribution is 2.18. The number of H-pyrrole nitrogens is 1. The summed E-state index contributed by atoms with van der Waals surface area (Å²) in [4.78, 5) is 0. The molecule has 27 heavy (non-hydrogen) atoms. The lowest BCUT2D eigenvalue weighted by Gasteiger charge is -2.18. The largest absolute Gasteiger partial charge is 0.486 e. The number of rotatable bonds is 9. The highest BCUT2D eigenvalue weighted by Gasteiger charge is 2.10. The van der Waals surface area contributed by atoms with Crippen LogP contribution in [0.4, 0.5) is 0 Å². The van der Waals surface area contributed by atoms with Crippen LogP contribution in [0.5, 0.6) is 5.75 Å². The second-order valence-corrected chi connectivity index (χ2v) is 6.80. The summed E-state index contributed by atoms with van der Waals surface area (Å²) in [5.74, 6) is 1.34. The van der Waals surface area contributed by atoms with Gasteiger partial charge in [-0.2, -0.15) is 0 Å². The molecule has 0 amide bonds. The van der Waals surface area contributed by atoms with Gasteiger partial charge in [0.15, 0.2) is 5.82 Å². The van der Waals surface area contributed by atoms with E-state index in [0.717, 1.165) is 17.7 Å². The fraction of sp³-hybridized carbons (Fsp3) is 0.316. The second-order valence-electron chi connectivity index (χ2n) is 6.36. The molecule has 0 fully saturated rings. The number of halogens is 1. The molecule has 2 aromatic carbocycles. The number of ether oxygens (including phenoxy) is 1. The topological polar surface area (TPSA) is 96.0 Å². The van der Waals surface area contributed by atoms with Gasteiger partial charge in [-0.05, 0) is 59.2 Å². The van der Waals surface area contributed by atoms with Crippen molar-refractivity contribution >= 4 is 11.6 Å². The first-order chi connectivity index (χ1) is 13.1. The molecule has 3 aromatic rings. The van der Waals surface area contributed by atoms with E-state index in [9.17, 15) is 5.11 Å². The van der Waals surface area contributed by atoms with Crippen LogP contribution in [0, 0.1) is 0 Å². The molecule has 3 N–H and O–H groups in total. The number of aromatic amines is 1. The number of hydrogen-bond donors (Lipinski definition) is 3. The molecule has 2 atom stereocenters. The Morgan fingerprint density at radius 1 is 1.22 bits per heavy atom. The van der Waals surface area contributed by atoms with Gasteiger partial charge in [0.25, 0.3) is 0 Å². The highest BCUT2D eigenvalue weighted by atomic mass is 35.5. The van der Waals surface area contributed by atoms with Crippen LogP contribution in [0.1, 0.15) is 30.0 Å². The van der Waals surface area contributed by atoms with Crippen molar-refractivity contribution in [1.82, 2.24) is 25.9 Å². The molecular formula is C19H22ClN5O2. The molecule has 1 heterocycles. The predicted octanol–water partition coefficient (Wildman–Crippen LogP) is 2.69. The van der Waals surface area contributed by atoms with Crippen molar-refractivity contribution in [1.29, 1.82) is 0 Å². The second kappa shape index (κ2) is 9.45. The van der Waals surface area contributed by atoms with Crippen LogP contribution in [-0.4, -0.2) is 38.3 Å². The van der Waals surface area contributed by atoms with E-state index < -0.39 is 6.10 Å². The molecule has 0 bridgehead atoms. The standard InChI is InChI=1S/C19H22ClN5O2/c1-13(21-11-18(26)15-3-2-4-16(20)10-15)9-14-5-7-17(8-6-14)27-12-19-22-24-25-23-19/h2-8,10,13,18,21,26H,9,11-12H2,1H3,(H,22,23,24,25). The van der Waals surface area contributed by atoms with Gasteiger partial charge < -0.3 is 15.2 Å². The molecule has 2 unspecified atom stereocenters. The van der Waals surface area contributed by atoms with Gasteiger partial charge in [-0.15, -0.1) is 5.10 Å². The SMILES string of the molecule is CC(Cc1ccc(OCc2nnn[nH]2)cc1)NCC(O)c1cccc(Cl)c1. The van der Waals surface area contributed by atoms with Crippen LogP contribution in [0.25, 0.3) is 0 Å². The van der Waals surface area contributed by atoms with Crippen LogP contribution < -0.4 is 10.1 Å². The molecular weight excluding hydrogens is 366 g/mol.